The number of benzene rings is 1. The lowest BCUT2D eigenvalue weighted by Gasteiger charge is -2.18. The summed E-state index contributed by atoms with van der Waals surface area (Å²) in [5, 5.41) is 0. The summed E-state index contributed by atoms with van der Waals surface area (Å²) in [6, 6.07) is 7.77. The van der Waals surface area contributed by atoms with Gasteiger partial charge < -0.3 is 10.6 Å². The number of carbonyl (C=O) groups is 1. The van der Waals surface area contributed by atoms with Gasteiger partial charge in [-0.1, -0.05) is 49.8 Å². The van der Waals surface area contributed by atoms with Crippen LogP contribution in [0.3, 0.4) is 0 Å². The fraction of sp³-hybridized carbons (Fsp3) is 0.429. The standard InChI is InChI=1S/C14H18N2OS/c1-2-10-7-13(17)16(8-10)9-11-5-3-4-6-12(11)14(15)18/h3-6,10H,2,7-9H2,1H3,(H2,15,18). The first-order chi connectivity index (χ1) is 8.61. The number of carbonyl (C=O) groups excluding carboxylic acids is 1. The second kappa shape index (κ2) is 5.48. The fourth-order valence-corrected chi connectivity index (χ4v) is 2.58. The molecule has 0 bridgehead atoms. The van der Waals surface area contributed by atoms with Gasteiger partial charge in [-0.25, -0.2) is 0 Å². The molecule has 96 valence electrons. The molecule has 1 aromatic carbocycles. The normalized spacial score (nSPS) is 19.3. The molecule has 1 aromatic rings. The highest BCUT2D eigenvalue weighted by molar-refractivity contribution is 7.80. The Bertz CT molecular complexity index is 473. The number of hydrogen-bond donors (Lipinski definition) is 1. The van der Waals surface area contributed by atoms with Gasteiger partial charge in [-0.2, -0.15) is 0 Å². The van der Waals surface area contributed by atoms with Crippen molar-refractivity contribution in [2.45, 2.75) is 26.3 Å². The van der Waals surface area contributed by atoms with Gasteiger partial charge in [-0.3, -0.25) is 4.79 Å². The fourth-order valence-electron chi connectivity index (χ4n) is 2.38. The van der Waals surface area contributed by atoms with Crippen molar-refractivity contribution >= 4 is 23.1 Å². The third kappa shape index (κ3) is 2.70. The molecule has 1 heterocycles. The average Bonchev–Trinajstić information content (AvgIpc) is 2.71. The van der Waals surface area contributed by atoms with Crippen LogP contribution in [0.5, 0.6) is 0 Å². The van der Waals surface area contributed by atoms with Crippen molar-refractivity contribution in [1.29, 1.82) is 0 Å². The highest BCUT2D eigenvalue weighted by Gasteiger charge is 2.28. The SMILES string of the molecule is CCC1CC(=O)N(Cc2ccccc2C(N)=S)C1. The van der Waals surface area contributed by atoms with Gasteiger partial charge in [0.15, 0.2) is 0 Å². The number of likely N-dealkylation sites (tertiary alicyclic amines) is 1. The van der Waals surface area contributed by atoms with Gasteiger partial charge in [0, 0.05) is 25.1 Å². The summed E-state index contributed by atoms with van der Waals surface area (Å²) in [6.45, 7) is 3.59. The first-order valence-corrected chi connectivity index (χ1v) is 6.68. The number of amides is 1. The smallest absolute Gasteiger partial charge is 0.223 e. The van der Waals surface area contributed by atoms with Gasteiger partial charge >= 0.3 is 0 Å². The number of nitrogens with zero attached hydrogens (tertiary/aromatic N) is 1. The Labute approximate surface area is 113 Å². The lowest BCUT2D eigenvalue weighted by atomic mass is 10.1. The molecule has 1 unspecified atom stereocenters. The minimum atomic E-state index is 0.236. The molecule has 1 atom stereocenters. The monoisotopic (exact) mass is 262 g/mol. The van der Waals surface area contributed by atoms with Crippen molar-refractivity contribution in [3.8, 4) is 0 Å². The van der Waals surface area contributed by atoms with Crippen molar-refractivity contribution < 1.29 is 4.79 Å². The quantitative estimate of drug-likeness (QED) is 0.845. The predicted octanol–water partition coefficient (Wildman–Crippen LogP) is 2.08. The van der Waals surface area contributed by atoms with Crippen LogP contribution in [0.4, 0.5) is 0 Å². The van der Waals surface area contributed by atoms with Gasteiger partial charge in [-0.15, -0.1) is 0 Å². The molecule has 2 rings (SSSR count). The Hall–Kier alpha value is -1.42. The van der Waals surface area contributed by atoms with Crippen molar-refractivity contribution in [3.63, 3.8) is 0 Å². The Balaban J connectivity index is 2.15. The van der Waals surface area contributed by atoms with Crippen molar-refractivity contribution in [1.82, 2.24) is 4.90 Å². The zero-order valence-corrected chi connectivity index (χ0v) is 11.4. The summed E-state index contributed by atoms with van der Waals surface area (Å²) in [7, 11) is 0. The maximum Gasteiger partial charge on any atom is 0.223 e. The molecule has 0 radical (unpaired) electrons. The van der Waals surface area contributed by atoms with Crippen LogP contribution in [0.2, 0.25) is 0 Å². The van der Waals surface area contributed by atoms with Crippen LogP contribution in [0, 0.1) is 5.92 Å². The first kappa shape index (κ1) is 13.0. The van der Waals surface area contributed by atoms with E-state index in [-0.39, 0.29) is 5.91 Å². The Morgan fingerprint density at radius 2 is 2.22 bits per heavy atom. The van der Waals surface area contributed by atoms with E-state index in [0.29, 0.717) is 23.9 Å². The third-order valence-electron chi connectivity index (χ3n) is 3.52. The molecule has 3 nitrogen and oxygen atoms in total. The molecule has 0 spiro atoms. The van der Waals surface area contributed by atoms with E-state index < -0.39 is 0 Å². The highest BCUT2D eigenvalue weighted by Crippen LogP contribution is 2.23. The molecule has 1 saturated heterocycles. The third-order valence-corrected chi connectivity index (χ3v) is 3.74. The number of thiocarbonyl (C=S) groups is 1. The first-order valence-electron chi connectivity index (χ1n) is 6.27. The van der Waals surface area contributed by atoms with E-state index >= 15 is 0 Å². The average molecular weight is 262 g/mol. The van der Waals surface area contributed by atoms with Crippen molar-refractivity contribution in [2.75, 3.05) is 6.54 Å². The number of nitrogens with two attached hydrogens (primary N) is 1. The topological polar surface area (TPSA) is 46.3 Å². The van der Waals surface area contributed by atoms with Crippen LogP contribution in [-0.4, -0.2) is 22.3 Å². The maximum absolute atomic E-state index is 11.9. The van der Waals surface area contributed by atoms with Crippen LogP contribution in [0.1, 0.15) is 30.9 Å². The van der Waals surface area contributed by atoms with Crippen molar-refractivity contribution in [2.24, 2.45) is 11.7 Å². The summed E-state index contributed by atoms with van der Waals surface area (Å²) < 4.78 is 0. The molecule has 0 aliphatic carbocycles. The van der Waals surface area contributed by atoms with Gasteiger partial charge in [0.05, 0.1) is 0 Å². The number of hydrogen-bond acceptors (Lipinski definition) is 2. The molecule has 1 amide bonds. The zero-order chi connectivity index (χ0) is 13.1. The van der Waals surface area contributed by atoms with Crippen LogP contribution in [-0.2, 0) is 11.3 Å². The van der Waals surface area contributed by atoms with E-state index in [1.165, 1.54) is 0 Å². The second-order valence-corrected chi connectivity index (χ2v) is 5.21. The highest BCUT2D eigenvalue weighted by atomic mass is 32.1. The van der Waals surface area contributed by atoms with Gasteiger partial charge in [0.1, 0.15) is 4.99 Å². The van der Waals surface area contributed by atoms with E-state index in [0.717, 1.165) is 24.1 Å². The lowest BCUT2D eigenvalue weighted by molar-refractivity contribution is -0.128. The van der Waals surface area contributed by atoms with E-state index in [1.807, 2.05) is 29.2 Å². The van der Waals surface area contributed by atoms with Crippen molar-refractivity contribution in [3.05, 3.63) is 35.4 Å². The van der Waals surface area contributed by atoms with E-state index in [9.17, 15) is 4.79 Å². The summed E-state index contributed by atoms with van der Waals surface area (Å²) in [4.78, 5) is 14.2. The maximum atomic E-state index is 11.9. The molecule has 18 heavy (non-hydrogen) atoms. The summed E-state index contributed by atoms with van der Waals surface area (Å²) >= 11 is 5.04. The minimum Gasteiger partial charge on any atom is -0.389 e. The van der Waals surface area contributed by atoms with Crippen LogP contribution in [0.15, 0.2) is 24.3 Å². The van der Waals surface area contributed by atoms with E-state index in [2.05, 4.69) is 6.92 Å². The molecular formula is C14H18N2OS. The molecule has 1 fully saturated rings. The second-order valence-electron chi connectivity index (χ2n) is 4.77. The van der Waals surface area contributed by atoms with Crippen LogP contribution < -0.4 is 5.73 Å². The van der Waals surface area contributed by atoms with E-state index in [4.69, 9.17) is 18.0 Å². The van der Waals surface area contributed by atoms with Gasteiger partial charge in [0.2, 0.25) is 5.91 Å². The number of rotatable bonds is 4. The largest absolute Gasteiger partial charge is 0.389 e. The summed E-state index contributed by atoms with van der Waals surface area (Å²) in [5.41, 5.74) is 7.62. The molecule has 0 aromatic heterocycles. The van der Waals surface area contributed by atoms with Crippen LogP contribution in [0.25, 0.3) is 0 Å². The molecule has 4 heteroatoms. The molecule has 1 aliphatic heterocycles. The Morgan fingerprint density at radius 3 is 2.83 bits per heavy atom. The van der Waals surface area contributed by atoms with Gasteiger partial charge in [0.25, 0.3) is 0 Å². The Morgan fingerprint density at radius 1 is 1.50 bits per heavy atom. The van der Waals surface area contributed by atoms with Crippen LogP contribution >= 0.6 is 12.2 Å². The summed E-state index contributed by atoms with van der Waals surface area (Å²) in [5.74, 6) is 0.731. The molecule has 0 saturated carbocycles. The molecule has 2 N–H and O–H groups in total. The predicted molar refractivity (Wildman–Crippen MR) is 76.1 cm³/mol. The molecular weight excluding hydrogens is 244 g/mol. The van der Waals surface area contributed by atoms with E-state index in [1.54, 1.807) is 0 Å². The molecule has 1 aliphatic rings. The minimum absolute atomic E-state index is 0.236. The zero-order valence-electron chi connectivity index (χ0n) is 10.6. The summed E-state index contributed by atoms with van der Waals surface area (Å²) in [6.07, 6.45) is 1.73. The Kier molecular flexibility index (Phi) is 3.97. The van der Waals surface area contributed by atoms with Gasteiger partial charge in [-0.05, 0) is 11.5 Å². The lowest BCUT2D eigenvalue weighted by Crippen LogP contribution is -2.26.